The summed E-state index contributed by atoms with van der Waals surface area (Å²) in [6, 6.07) is 64.2. The number of fused-ring (bicyclic) bond motifs is 11. The molecule has 2 heteroatoms. The molecule has 0 radical (unpaired) electrons. The SMILES string of the molecule is CC1(C)c2ccccc2-c2c(N(c3ccc(-c4cccc5c4oc4c6ccccc6ccc54)cc3)c3cc4ccccc4c4ccccc34)cccc21. The van der Waals surface area contributed by atoms with Crippen LogP contribution in [0.3, 0.4) is 0 Å². The molecular weight excluding hydrogens is 643 g/mol. The fraction of sp³-hybridized carbons (Fsp3) is 0.0588. The predicted molar refractivity (Wildman–Crippen MR) is 224 cm³/mol. The Morgan fingerprint density at radius 2 is 1.04 bits per heavy atom. The highest BCUT2D eigenvalue weighted by Crippen LogP contribution is 2.55. The van der Waals surface area contributed by atoms with Crippen LogP contribution in [0.1, 0.15) is 25.0 Å². The Labute approximate surface area is 308 Å². The van der Waals surface area contributed by atoms with Crippen molar-refractivity contribution in [1.82, 2.24) is 0 Å². The maximum Gasteiger partial charge on any atom is 0.143 e. The van der Waals surface area contributed by atoms with E-state index in [1.54, 1.807) is 0 Å². The summed E-state index contributed by atoms with van der Waals surface area (Å²) in [5.41, 5.74) is 12.7. The minimum absolute atomic E-state index is 0.112. The zero-order valence-electron chi connectivity index (χ0n) is 29.6. The third-order valence-corrected chi connectivity index (χ3v) is 11.6. The van der Waals surface area contributed by atoms with Crippen LogP contribution in [-0.4, -0.2) is 0 Å². The van der Waals surface area contributed by atoms with Gasteiger partial charge in [-0.1, -0.05) is 159 Å². The lowest BCUT2D eigenvalue weighted by atomic mass is 9.82. The summed E-state index contributed by atoms with van der Waals surface area (Å²) < 4.78 is 6.75. The molecule has 53 heavy (non-hydrogen) atoms. The summed E-state index contributed by atoms with van der Waals surface area (Å²) >= 11 is 0. The molecule has 1 aromatic heterocycles. The lowest BCUT2D eigenvalue weighted by Crippen LogP contribution is -2.16. The second-order valence-corrected chi connectivity index (χ2v) is 14.9. The molecule has 0 amide bonds. The summed E-state index contributed by atoms with van der Waals surface area (Å²) in [6.45, 7) is 4.71. The highest BCUT2D eigenvalue weighted by atomic mass is 16.3. The number of nitrogens with zero attached hydrogens (tertiary/aromatic N) is 1. The topological polar surface area (TPSA) is 16.4 Å². The molecule has 0 saturated heterocycles. The normalized spacial score (nSPS) is 13.2. The minimum atomic E-state index is -0.112. The van der Waals surface area contributed by atoms with E-state index >= 15 is 0 Å². The summed E-state index contributed by atoms with van der Waals surface area (Å²) in [7, 11) is 0. The number of hydrogen-bond donors (Lipinski definition) is 0. The van der Waals surface area contributed by atoms with E-state index in [0.717, 1.165) is 49.8 Å². The molecule has 0 aliphatic heterocycles. The summed E-state index contributed by atoms with van der Waals surface area (Å²) in [4.78, 5) is 2.49. The van der Waals surface area contributed by atoms with Gasteiger partial charge in [-0.3, -0.25) is 0 Å². The molecule has 0 bridgehead atoms. The molecule has 0 fully saturated rings. The highest BCUT2D eigenvalue weighted by Gasteiger charge is 2.38. The van der Waals surface area contributed by atoms with Gasteiger partial charge in [-0.2, -0.15) is 0 Å². The maximum atomic E-state index is 6.75. The van der Waals surface area contributed by atoms with Gasteiger partial charge >= 0.3 is 0 Å². The number of hydrogen-bond acceptors (Lipinski definition) is 2. The van der Waals surface area contributed by atoms with Crippen molar-refractivity contribution in [2.45, 2.75) is 19.3 Å². The summed E-state index contributed by atoms with van der Waals surface area (Å²) in [6.07, 6.45) is 0. The second kappa shape index (κ2) is 11.2. The number of furan rings is 1. The summed E-state index contributed by atoms with van der Waals surface area (Å²) in [5, 5.41) is 9.56. The Hall–Kier alpha value is -6.64. The van der Waals surface area contributed by atoms with Crippen LogP contribution in [-0.2, 0) is 5.41 Å². The van der Waals surface area contributed by atoms with Gasteiger partial charge in [-0.15, -0.1) is 0 Å². The maximum absolute atomic E-state index is 6.75. The van der Waals surface area contributed by atoms with Crippen LogP contribution < -0.4 is 4.90 Å². The molecule has 0 atom stereocenters. The average Bonchev–Trinajstić information content (AvgIpc) is 3.71. The van der Waals surface area contributed by atoms with Gasteiger partial charge in [0.2, 0.25) is 0 Å². The summed E-state index contributed by atoms with van der Waals surface area (Å²) in [5.74, 6) is 0. The molecule has 1 heterocycles. The lowest BCUT2D eigenvalue weighted by Gasteiger charge is -2.30. The van der Waals surface area contributed by atoms with E-state index in [1.807, 2.05) is 0 Å². The second-order valence-electron chi connectivity index (χ2n) is 14.9. The van der Waals surface area contributed by atoms with Crippen LogP contribution in [0.5, 0.6) is 0 Å². The molecule has 0 N–H and O–H groups in total. The highest BCUT2D eigenvalue weighted by molar-refractivity contribution is 6.18. The van der Waals surface area contributed by atoms with E-state index in [-0.39, 0.29) is 5.41 Å². The Balaban J connectivity index is 1.15. The van der Waals surface area contributed by atoms with Crippen molar-refractivity contribution in [2.75, 3.05) is 4.90 Å². The van der Waals surface area contributed by atoms with Gasteiger partial charge in [0, 0.05) is 43.8 Å². The van der Waals surface area contributed by atoms with Crippen LogP contribution in [0.25, 0.3) is 76.5 Å². The molecule has 250 valence electrons. The van der Waals surface area contributed by atoms with Crippen molar-refractivity contribution in [3.05, 3.63) is 187 Å². The van der Waals surface area contributed by atoms with Crippen molar-refractivity contribution >= 4 is 71.3 Å². The van der Waals surface area contributed by atoms with Crippen LogP contribution >= 0.6 is 0 Å². The first kappa shape index (κ1) is 30.0. The molecule has 1 aliphatic carbocycles. The first-order valence-corrected chi connectivity index (χ1v) is 18.4. The van der Waals surface area contributed by atoms with Crippen molar-refractivity contribution in [3.63, 3.8) is 0 Å². The van der Waals surface area contributed by atoms with Gasteiger partial charge in [0.25, 0.3) is 0 Å². The van der Waals surface area contributed by atoms with Gasteiger partial charge < -0.3 is 9.32 Å². The molecule has 1 aliphatic rings. The Morgan fingerprint density at radius 3 is 1.89 bits per heavy atom. The van der Waals surface area contributed by atoms with E-state index in [1.165, 1.54) is 54.9 Å². The molecule has 2 nitrogen and oxygen atoms in total. The van der Waals surface area contributed by atoms with Crippen molar-refractivity contribution < 1.29 is 4.42 Å². The van der Waals surface area contributed by atoms with E-state index in [2.05, 4.69) is 195 Å². The van der Waals surface area contributed by atoms with Crippen LogP contribution in [0.2, 0.25) is 0 Å². The van der Waals surface area contributed by atoms with Crippen molar-refractivity contribution in [2.24, 2.45) is 0 Å². The van der Waals surface area contributed by atoms with Crippen LogP contribution in [0.4, 0.5) is 17.1 Å². The largest absolute Gasteiger partial charge is 0.455 e. The molecule has 0 saturated carbocycles. The van der Waals surface area contributed by atoms with Gasteiger partial charge in [-0.05, 0) is 74.1 Å². The quantitative estimate of drug-likeness (QED) is 0.172. The van der Waals surface area contributed by atoms with E-state index in [9.17, 15) is 0 Å². The smallest absolute Gasteiger partial charge is 0.143 e. The van der Waals surface area contributed by atoms with Crippen molar-refractivity contribution in [1.29, 1.82) is 0 Å². The Morgan fingerprint density at radius 1 is 0.415 bits per heavy atom. The van der Waals surface area contributed by atoms with E-state index in [4.69, 9.17) is 4.42 Å². The zero-order chi connectivity index (χ0) is 35.3. The predicted octanol–water partition coefficient (Wildman–Crippen LogP) is 14.5. The van der Waals surface area contributed by atoms with Gasteiger partial charge in [0.1, 0.15) is 11.2 Å². The fourth-order valence-electron chi connectivity index (χ4n) is 9.09. The molecule has 0 unspecified atom stereocenters. The van der Waals surface area contributed by atoms with Gasteiger partial charge in [-0.25, -0.2) is 0 Å². The van der Waals surface area contributed by atoms with Crippen LogP contribution in [0, 0.1) is 0 Å². The molecule has 0 spiro atoms. The number of anilines is 3. The minimum Gasteiger partial charge on any atom is -0.455 e. The van der Waals surface area contributed by atoms with Gasteiger partial charge in [0.15, 0.2) is 0 Å². The third kappa shape index (κ3) is 4.33. The number of benzene rings is 9. The monoisotopic (exact) mass is 677 g/mol. The van der Waals surface area contributed by atoms with E-state index in [0.29, 0.717) is 0 Å². The third-order valence-electron chi connectivity index (χ3n) is 11.6. The first-order valence-electron chi connectivity index (χ1n) is 18.4. The number of para-hydroxylation sites is 1. The fourth-order valence-corrected chi connectivity index (χ4v) is 9.09. The van der Waals surface area contributed by atoms with Crippen molar-refractivity contribution in [3.8, 4) is 22.3 Å². The molecule has 11 rings (SSSR count). The average molecular weight is 678 g/mol. The lowest BCUT2D eigenvalue weighted by molar-refractivity contribution is 0.660. The first-order chi connectivity index (χ1) is 26.1. The standard InChI is InChI=1S/C51H35NO/c1-51(2)44-22-10-9-19-43(44)48-45(51)23-12-24-46(48)52(47-31-34-14-4-5-15-36(34)39-17-7-8-18-40(39)47)35-28-25-33(26-29-35)38-20-11-21-41-42-30-27-32-13-3-6-16-37(32)50(42)53-49(38)41/h3-31H,1-2H3. The zero-order valence-corrected chi connectivity index (χ0v) is 29.6. The van der Waals surface area contributed by atoms with E-state index < -0.39 is 0 Å². The van der Waals surface area contributed by atoms with Gasteiger partial charge in [0.05, 0.1) is 11.4 Å². The molecule has 9 aromatic carbocycles. The van der Waals surface area contributed by atoms with Crippen LogP contribution in [0.15, 0.2) is 180 Å². The Bertz CT molecular complexity index is 3090. The Kier molecular flexibility index (Phi) is 6.33. The molecular formula is C51H35NO. The molecule has 10 aromatic rings. The number of rotatable bonds is 4.